The SMILES string of the molecule is CCC(=O)OCCCCCOC(=O)NC. The van der Waals surface area contributed by atoms with Crippen molar-refractivity contribution >= 4 is 12.1 Å². The number of amides is 1. The third-order valence-electron chi connectivity index (χ3n) is 1.78. The van der Waals surface area contributed by atoms with Crippen LogP contribution in [0.25, 0.3) is 0 Å². The molecule has 0 aromatic heterocycles. The van der Waals surface area contributed by atoms with Crippen molar-refractivity contribution in [2.75, 3.05) is 20.3 Å². The van der Waals surface area contributed by atoms with Gasteiger partial charge in [0.2, 0.25) is 0 Å². The first-order valence-corrected chi connectivity index (χ1v) is 5.20. The Morgan fingerprint density at radius 1 is 1.07 bits per heavy atom. The molecule has 5 nitrogen and oxygen atoms in total. The molecule has 0 aromatic carbocycles. The topological polar surface area (TPSA) is 64.6 Å². The molecule has 0 radical (unpaired) electrons. The van der Waals surface area contributed by atoms with Gasteiger partial charge in [-0.05, 0) is 19.3 Å². The first-order chi connectivity index (χ1) is 7.20. The minimum Gasteiger partial charge on any atom is -0.466 e. The van der Waals surface area contributed by atoms with Crippen LogP contribution >= 0.6 is 0 Å². The first-order valence-electron chi connectivity index (χ1n) is 5.20. The van der Waals surface area contributed by atoms with Crippen molar-refractivity contribution in [1.82, 2.24) is 5.32 Å². The largest absolute Gasteiger partial charge is 0.466 e. The first kappa shape index (κ1) is 13.7. The smallest absolute Gasteiger partial charge is 0.406 e. The van der Waals surface area contributed by atoms with E-state index in [0.29, 0.717) is 19.6 Å². The summed E-state index contributed by atoms with van der Waals surface area (Å²) < 4.78 is 9.66. The lowest BCUT2D eigenvalue weighted by Gasteiger charge is -2.04. The number of carbonyl (C=O) groups excluding carboxylic acids is 2. The van der Waals surface area contributed by atoms with E-state index in [1.165, 1.54) is 7.05 Å². The molecule has 1 amide bonds. The van der Waals surface area contributed by atoms with E-state index in [1.807, 2.05) is 0 Å². The van der Waals surface area contributed by atoms with E-state index < -0.39 is 6.09 Å². The van der Waals surface area contributed by atoms with Gasteiger partial charge < -0.3 is 14.8 Å². The van der Waals surface area contributed by atoms with Crippen LogP contribution in [-0.2, 0) is 14.3 Å². The maximum atomic E-state index is 10.7. The molecule has 0 aromatic rings. The van der Waals surface area contributed by atoms with Crippen LogP contribution < -0.4 is 5.32 Å². The van der Waals surface area contributed by atoms with Gasteiger partial charge in [-0.25, -0.2) is 4.79 Å². The fourth-order valence-electron chi connectivity index (χ4n) is 0.906. The maximum absolute atomic E-state index is 10.7. The van der Waals surface area contributed by atoms with Crippen molar-refractivity contribution in [3.8, 4) is 0 Å². The average Bonchev–Trinajstić information content (AvgIpc) is 2.26. The number of hydrogen-bond donors (Lipinski definition) is 1. The zero-order valence-electron chi connectivity index (χ0n) is 9.38. The number of rotatable bonds is 7. The number of unbranched alkanes of at least 4 members (excludes halogenated alkanes) is 2. The van der Waals surface area contributed by atoms with Gasteiger partial charge in [-0.1, -0.05) is 6.92 Å². The number of alkyl carbamates (subject to hydrolysis) is 1. The average molecular weight is 217 g/mol. The molecule has 0 spiro atoms. The lowest BCUT2D eigenvalue weighted by Crippen LogP contribution is -2.19. The summed E-state index contributed by atoms with van der Waals surface area (Å²) in [6, 6.07) is 0. The summed E-state index contributed by atoms with van der Waals surface area (Å²) >= 11 is 0. The van der Waals surface area contributed by atoms with Crippen molar-refractivity contribution in [2.24, 2.45) is 0 Å². The molecule has 0 bridgehead atoms. The highest BCUT2D eigenvalue weighted by Crippen LogP contribution is 1.97. The van der Waals surface area contributed by atoms with Crippen molar-refractivity contribution in [3.05, 3.63) is 0 Å². The summed E-state index contributed by atoms with van der Waals surface area (Å²) in [5.74, 6) is -0.170. The quantitative estimate of drug-likeness (QED) is 0.518. The molecule has 0 aliphatic carbocycles. The summed E-state index contributed by atoms with van der Waals surface area (Å²) in [7, 11) is 1.52. The molecule has 0 fully saturated rings. The zero-order valence-corrected chi connectivity index (χ0v) is 9.38. The molecule has 0 aliphatic rings. The molecule has 0 saturated carbocycles. The third-order valence-corrected chi connectivity index (χ3v) is 1.78. The molecule has 88 valence electrons. The molecule has 0 aliphatic heterocycles. The standard InChI is InChI=1S/C10H19NO4/c1-3-9(12)14-7-5-4-6-8-15-10(13)11-2/h3-8H2,1-2H3,(H,11,13). The van der Waals surface area contributed by atoms with Gasteiger partial charge in [-0.15, -0.1) is 0 Å². The van der Waals surface area contributed by atoms with E-state index in [-0.39, 0.29) is 5.97 Å². The highest BCUT2D eigenvalue weighted by atomic mass is 16.5. The van der Waals surface area contributed by atoms with Gasteiger partial charge in [-0.2, -0.15) is 0 Å². The molecule has 0 unspecified atom stereocenters. The molecule has 0 heterocycles. The van der Waals surface area contributed by atoms with E-state index in [0.717, 1.165) is 19.3 Å². The van der Waals surface area contributed by atoms with Crippen molar-refractivity contribution in [1.29, 1.82) is 0 Å². The monoisotopic (exact) mass is 217 g/mol. The molecular formula is C10H19NO4. The summed E-state index contributed by atoms with van der Waals surface area (Å²) in [4.78, 5) is 21.4. The molecule has 5 heteroatoms. The Morgan fingerprint density at radius 3 is 2.20 bits per heavy atom. The van der Waals surface area contributed by atoms with Crippen LogP contribution in [0.2, 0.25) is 0 Å². The molecular weight excluding hydrogens is 198 g/mol. The van der Waals surface area contributed by atoms with Gasteiger partial charge in [0.1, 0.15) is 0 Å². The summed E-state index contributed by atoms with van der Waals surface area (Å²) in [6.07, 6.45) is 2.49. The second-order valence-electron chi connectivity index (χ2n) is 3.02. The van der Waals surface area contributed by atoms with Gasteiger partial charge in [0.25, 0.3) is 0 Å². The fourth-order valence-corrected chi connectivity index (χ4v) is 0.906. The van der Waals surface area contributed by atoms with Crippen molar-refractivity contribution < 1.29 is 19.1 Å². The Balaban J connectivity index is 3.11. The van der Waals surface area contributed by atoms with Gasteiger partial charge in [0, 0.05) is 13.5 Å². The van der Waals surface area contributed by atoms with Gasteiger partial charge >= 0.3 is 12.1 Å². The second-order valence-corrected chi connectivity index (χ2v) is 3.02. The van der Waals surface area contributed by atoms with Crippen molar-refractivity contribution in [2.45, 2.75) is 32.6 Å². The maximum Gasteiger partial charge on any atom is 0.406 e. The van der Waals surface area contributed by atoms with Crippen LogP contribution in [0, 0.1) is 0 Å². The predicted octanol–water partition coefficient (Wildman–Crippen LogP) is 1.47. The second kappa shape index (κ2) is 9.30. The third kappa shape index (κ3) is 9.05. The van der Waals surface area contributed by atoms with Crippen LogP contribution in [0.1, 0.15) is 32.6 Å². The van der Waals surface area contributed by atoms with Crippen LogP contribution in [0.15, 0.2) is 0 Å². The van der Waals surface area contributed by atoms with Crippen LogP contribution in [0.4, 0.5) is 4.79 Å². The number of hydrogen-bond acceptors (Lipinski definition) is 4. The van der Waals surface area contributed by atoms with Crippen LogP contribution in [-0.4, -0.2) is 32.3 Å². The minimum atomic E-state index is -0.410. The number of ether oxygens (including phenoxy) is 2. The highest BCUT2D eigenvalue weighted by molar-refractivity contribution is 5.68. The van der Waals surface area contributed by atoms with Gasteiger partial charge in [0.05, 0.1) is 13.2 Å². The number of nitrogens with one attached hydrogen (secondary N) is 1. The Morgan fingerprint density at radius 2 is 1.67 bits per heavy atom. The van der Waals surface area contributed by atoms with Crippen LogP contribution in [0.5, 0.6) is 0 Å². The molecule has 0 atom stereocenters. The van der Waals surface area contributed by atoms with Crippen molar-refractivity contribution in [3.63, 3.8) is 0 Å². The number of carbonyl (C=O) groups is 2. The lowest BCUT2D eigenvalue weighted by atomic mass is 10.2. The summed E-state index contributed by atoms with van der Waals surface area (Å²) in [5.41, 5.74) is 0. The Bertz CT molecular complexity index is 174. The highest BCUT2D eigenvalue weighted by Gasteiger charge is 1.99. The van der Waals surface area contributed by atoms with E-state index in [4.69, 9.17) is 9.47 Å². The van der Waals surface area contributed by atoms with Gasteiger partial charge in [0.15, 0.2) is 0 Å². The van der Waals surface area contributed by atoms with Gasteiger partial charge in [-0.3, -0.25) is 4.79 Å². The molecule has 0 rings (SSSR count). The Kier molecular flexibility index (Phi) is 8.52. The van der Waals surface area contributed by atoms with E-state index in [9.17, 15) is 9.59 Å². The van der Waals surface area contributed by atoms with Crippen LogP contribution in [0.3, 0.4) is 0 Å². The zero-order chi connectivity index (χ0) is 11.5. The lowest BCUT2D eigenvalue weighted by molar-refractivity contribution is -0.143. The minimum absolute atomic E-state index is 0.170. The van der Waals surface area contributed by atoms with E-state index in [1.54, 1.807) is 6.92 Å². The van der Waals surface area contributed by atoms with E-state index in [2.05, 4.69) is 5.32 Å². The predicted molar refractivity (Wildman–Crippen MR) is 55.5 cm³/mol. The molecule has 1 N–H and O–H groups in total. The Hall–Kier alpha value is -1.26. The summed E-state index contributed by atoms with van der Waals surface area (Å²) in [6.45, 7) is 2.62. The van der Waals surface area contributed by atoms with E-state index >= 15 is 0 Å². The fraction of sp³-hybridized carbons (Fsp3) is 0.800. The molecule has 0 saturated heterocycles. The number of esters is 1. The summed E-state index contributed by atoms with van der Waals surface area (Å²) in [5, 5.41) is 2.36. The normalized spacial score (nSPS) is 9.47. The Labute approximate surface area is 90.1 Å². The molecule has 15 heavy (non-hydrogen) atoms.